The van der Waals surface area contributed by atoms with Gasteiger partial charge in [-0.05, 0) is 99.2 Å². The van der Waals surface area contributed by atoms with E-state index in [4.69, 9.17) is 14.5 Å². The molecule has 236 valence electrons. The van der Waals surface area contributed by atoms with Gasteiger partial charge in [-0.2, -0.15) is 0 Å². The summed E-state index contributed by atoms with van der Waals surface area (Å²) in [5.41, 5.74) is 3.95. The van der Waals surface area contributed by atoms with Crippen molar-refractivity contribution in [3.8, 4) is 5.75 Å². The van der Waals surface area contributed by atoms with Crippen LogP contribution in [0.4, 0.5) is 10.2 Å². The van der Waals surface area contributed by atoms with Gasteiger partial charge in [0.1, 0.15) is 11.9 Å². The molecule has 0 spiro atoms. The van der Waals surface area contributed by atoms with Crippen LogP contribution in [0.15, 0.2) is 24.3 Å². The number of nitrogens with zero attached hydrogens (tertiary/aromatic N) is 3. The molecule has 4 heterocycles. The average molecular weight is 597 g/mol. The number of unbranched alkanes of at least 4 members (excludes halogenated alkanes) is 2. The Hall–Kier alpha value is -2.75. The first-order valence-electron chi connectivity index (χ1n) is 16.1. The predicted molar refractivity (Wildman–Crippen MR) is 166 cm³/mol. The van der Waals surface area contributed by atoms with E-state index in [1.807, 2.05) is 11.0 Å². The number of hydrogen-bond donors (Lipinski definition) is 2. The van der Waals surface area contributed by atoms with Crippen LogP contribution in [0.5, 0.6) is 5.75 Å². The van der Waals surface area contributed by atoms with Crippen molar-refractivity contribution in [2.75, 3.05) is 51.8 Å². The number of benzene rings is 1. The maximum atomic E-state index is 15.2. The lowest BCUT2D eigenvalue weighted by Gasteiger charge is -2.37. The van der Waals surface area contributed by atoms with E-state index in [0.717, 1.165) is 88.1 Å². The normalized spacial score (nSPS) is 21.3. The first-order chi connectivity index (χ1) is 20.7. The molecule has 1 aromatic heterocycles. The summed E-state index contributed by atoms with van der Waals surface area (Å²) in [6.07, 6.45) is 9.20. The minimum absolute atomic E-state index is 0.0180. The number of fused-ring (bicyclic) bond motifs is 1. The lowest BCUT2D eigenvalue weighted by molar-refractivity contribution is -0.143. The number of pyridine rings is 1. The smallest absolute Gasteiger partial charge is 0.325 e. The molecule has 0 radical (unpaired) electrons. The highest BCUT2D eigenvalue weighted by Gasteiger charge is 2.37. The summed E-state index contributed by atoms with van der Waals surface area (Å²) in [5, 5.41) is 13.7. The molecule has 2 aromatic rings. The third kappa shape index (κ3) is 8.25. The lowest BCUT2D eigenvalue weighted by Crippen LogP contribution is -2.37. The number of piperidine rings is 1. The molecular formula is C34H49FN4O4. The van der Waals surface area contributed by atoms with Gasteiger partial charge in [-0.25, -0.2) is 9.37 Å². The molecule has 5 rings (SSSR count). The fourth-order valence-electron chi connectivity index (χ4n) is 6.71. The summed E-state index contributed by atoms with van der Waals surface area (Å²) in [6.45, 7) is 9.80. The molecule has 3 aliphatic heterocycles. The minimum atomic E-state index is -0.999. The molecule has 3 aliphatic rings. The maximum Gasteiger partial charge on any atom is 0.325 e. The van der Waals surface area contributed by atoms with Crippen LogP contribution in [0.2, 0.25) is 0 Å². The standard InChI is InChI=1S/C34H49FN4O4/c1-34(2)13-17-38(18-14-34)22-24-20-28(31(42-3)29(35)21-24)30(33(40)41)39-16-12-27(23-39)43-19-6-4-5-9-26-11-10-25-8-7-15-36-32(25)37-26/h10-11,20-21,27,30H,4-9,12-19,22-23H2,1-3H3,(H,36,37)(H,40,41)/t27-,30-/m1/s1. The molecule has 2 atom stereocenters. The van der Waals surface area contributed by atoms with E-state index in [-0.39, 0.29) is 11.9 Å². The van der Waals surface area contributed by atoms with Crippen molar-refractivity contribution in [2.45, 2.75) is 90.3 Å². The minimum Gasteiger partial charge on any atom is -0.493 e. The fourth-order valence-corrected chi connectivity index (χ4v) is 6.71. The predicted octanol–water partition coefficient (Wildman–Crippen LogP) is 5.84. The zero-order valence-electron chi connectivity index (χ0n) is 26.2. The summed E-state index contributed by atoms with van der Waals surface area (Å²) in [4.78, 5) is 21.6. The van der Waals surface area contributed by atoms with Gasteiger partial charge >= 0.3 is 5.97 Å². The van der Waals surface area contributed by atoms with Crippen LogP contribution in [0, 0.1) is 11.2 Å². The van der Waals surface area contributed by atoms with Crippen molar-refractivity contribution in [1.82, 2.24) is 14.8 Å². The monoisotopic (exact) mass is 596 g/mol. The number of aryl methyl sites for hydroxylation is 2. The van der Waals surface area contributed by atoms with Crippen molar-refractivity contribution in [1.29, 1.82) is 0 Å². The Bertz CT molecular complexity index is 1250. The maximum absolute atomic E-state index is 15.2. The average Bonchev–Trinajstić information content (AvgIpc) is 3.44. The van der Waals surface area contributed by atoms with E-state index in [1.54, 1.807) is 0 Å². The molecule has 8 nitrogen and oxygen atoms in total. The number of methoxy groups -OCH3 is 1. The van der Waals surface area contributed by atoms with Gasteiger partial charge in [0.05, 0.1) is 13.2 Å². The van der Waals surface area contributed by atoms with Gasteiger partial charge in [-0.1, -0.05) is 26.3 Å². The molecule has 0 amide bonds. The van der Waals surface area contributed by atoms with Crippen LogP contribution in [0.25, 0.3) is 0 Å². The van der Waals surface area contributed by atoms with Gasteiger partial charge in [0.15, 0.2) is 11.6 Å². The van der Waals surface area contributed by atoms with Gasteiger partial charge in [-0.15, -0.1) is 0 Å². The van der Waals surface area contributed by atoms with E-state index in [9.17, 15) is 9.90 Å². The van der Waals surface area contributed by atoms with Gasteiger partial charge in [0.25, 0.3) is 0 Å². The second-order valence-electron chi connectivity index (χ2n) is 13.3. The molecule has 0 aliphatic carbocycles. The number of anilines is 1. The number of hydrogen-bond acceptors (Lipinski definition) is 7. The number of halogens is 1. The Balaban J connectivity index is 1.12. The number of carbonyl (C=O) groups is 1. The molecule has 2 N–H and O–H groups in total. The van der Waals surface area contributed by atoms with Crippen molar-refractivity contribution < 1.29 is 23.8 Å². The second-order valence-corrected chi connectivity index (χ2v) is 13.3. The van der Waals surface area contributed by atoms with E-state index in [1.165, 1.54) is 25.2 Å². The zero-order chi connectivity index (χ0) is 30.4. The number of rotatable bonds is 13. The van der Waals surface area contributed by atoms with Gasteiger partial charge in [0.2, 0.25) is 0 Å². The van der Waals surface area contributed by atoms with Crippen LogP contribution < -0.4 is 10.1 Å². The van der Waals surface area contributed by atoms with E-state index in [0.29, 0.717) is 37.2 Å². The molecule has 0 saturated carbocycles. The van der Waals surface area contributed by atoms with Crippen molar-refractivity contribution >= 4 is 11.8 Å². The van der Waals surface area contributed by atoms with Crippen molar-refractivity contribution in [3.63, 3.8) is 0 Å². The summed E-state index contributed by atoms with van der Waals surface area (Å²) in [5.74, 6) is -0.436. The van der Waals surface area contributed by atoms with Crippen LogP contribution in [0.1, 0.15) is 87.2 Å². The highest BCUT2D eigenvalue weighted by atomic mass is 19.1. The number of aliphatic carboxylic acids is 1. The number of carboxylic acids is 1. The number of nitrogens with one attached hydrogen (secondary N) is 1. The largest absolute Gasteiger partial charge is 0.493 e. The van der Waals surface area contributed by atoms with Gasteiger partial charge < -0.3 is 19.9 Å². The van der Waals surface area contributed by atoms with Crippen LogP contribution in [-0.2, 0) is 28.9 Å². The highest BCUT2D eigenvalue weighted by molar-refractivity contribution is 5.77. The molecule has 43 heavy (non-hydrogen) atoms. The molecular weight excluding hydrogens is 547 g/mol. The topological polar surface area (TPSA) is 87.2 Å². The van der Waals surface area contributed by atoms with E-state index in [2.05, 4.69) is 36.2 Å². The molecule has 0 bridgehead atoms. The SMILES string of the molecule is COc1c(F)cc(CN2CCC(C)(C)CC2)cc1[C@H](C(=O)O)N1CC[C@@H](OCCCCCc2ccc3c(n2)NCCC3)C1. The molecule has 1 aromatic carbocycles. The van der Waals surface area contributed by atoms with E-state index < -0.39 is 17.8 Å². The fraction of sp³-hybridized carbons (Fsp3) is 0.647. The number of aromatic nitrogens is 1. The van der Waals surface area contributed by atoms with Crippen molar-refractivity contribution in [3.05, 3.63) is 52.5 Å². The van der Waals surface area contributed by atoms with Crippen LogP contribution in [-0.4, -0.2) is 78.4 Å². The first kappa shape index (κ1) is 31.7. The third-order valence-corrected chi connectivity index (χ3v) is 9.40. The lowest BCUT2D eigenvalue weighted by atomic mass is 9.82. The van der Waals surface area contributed by atoms with Gasteiger partial charge in [-0.3, -0.25) is 14.6 Å². The van der Waals surface area contributed by atoms with Gasteiger partial charge in [0, 0.05) is 44.0 Å². The Morgan fingerprint density at radius 1 is 1.19 bits per heavy atom. The Kier molecular flexibility index (Phi) is 10.6. The van der Waals surface area contributed by atoms with Crippen LogP contribution in [0.3, 0.4) is 0 Å². The zero-order valence-corrected chi connectivity index (χ0v) is 26.2. The quantitative estimate of drug-likeness (QED) is 0.279. The van der Waals surface area contributed by atoms with Crippen LogP contribution >= 0.6 is 0 Å². The molecule has 2 fully saturated rings. The second kappa shape index (κ2) is 14.4. The van der Waals surface area contributed by atoms with E-state index >= 15 is 4.39 Å². The first-order valence-corrected chi connectivity index (χ1v) is 16.1. The molecule has 9 heteroatoms. The number of ether oxygens (including phenoxy) is 2. The Morgan fingerprint density at radius 3 is 2.77 bits per heavy atom. The van der Waals surface area contributed by atoms with Crippen molar-refractivity contribution in [2.24, 2.45) is 5.41 Å². The number of likely N-dealkylation sites (tertiary alicyclic amines) is 2. The summed E-state index contributed by atoms with van der Waals surface area (Å²) >= 11 is 0. The summed E-state index contributed by atoms with van der Waals surface area (Å²) < 4.78 is 26.8. The highest BCUT2D eigenvalue weighted by Crippen LogP contribution is 2.37. The Labute approximate surface area is 256 Å². The summed E-state index contributed by atoms with van der Waals surface area (Å²) in [6, 6.07) is 6.70. The third-order valence-electron chi connectivity index (χ3n) is 9.40. The summed E-state index contributed by atoms with van der Waals surface area (Å²) in [7, 11) is 1.40. The Morgan fingerprint density at radius 2 is 2.00 bits per heavy atom. The number of carboxylic acid groups (broad SMARTS) is 1. The molecule has 0 unspecified atom stereocenters. The molecule has 2 saturated heterocycles.